The molecule has 1 aliphatic heterocycles. The fraction of sp³-hybridized carbons (Fsp3) is 0.455. The van der Waals surface area contributed by atoms with Crippen molar-refractivity contribution in [1.29, 1.82) is 0 Å². The number of piperidine rings is 1. The van der Waals surface area contributed by atoms with E-state index in [0.29, 0.717) is 6.42 Å². The van der Waals surface area contributed by atoms with Gasteiger partial charge in [-0.05, 0) is 57.3 Å². The zero-order valence-electron chi connectivity index (χ0n) is 16.9. The summed E-state index contributed by atoms with van der Waals surface area (Å²) in [4.78, 5) is 28.5. The van der Waals surface area contributed by atoms with Crippen LogP contribution in [0.15, 0.2) is 30.7 Å². The molecule has 0 saturated carbocycles. The molecule has 1 atom stereocenters. The average Bonchev–Trinajstić information content (AvgIpc) is 3.06. The standard InChI is InChI=1S/C22H27N5O/c1-15(27-7-5-4-6-8-27)22(28)11-19-9-17-10-20(25-13-18(17)12-24-19)21-14-23-16(2)26(21)3/h9-10,12-15H,4-8,11H2,1-3H3. The van der Waals surface area contributed by atoms with Crippen LogP contribution in [-0.4, -0.2) is 49.3 Å². The van der Waals surface area contributed by atoms with Crippen molar-refractivity contribution in [2.45, 2.75) is 45.6 Å². The van der Waals surface area contributed by atoms with Crippen molar-refractivity contribution < 1.29 is 4.79 Å². The van der Waals surface area contributed by atoms with Gasteiger partial charge in [-0.25, -0.2) is 4.98 Å². The van der Waals surface area contributed by atoms with Crippen LogP contribution in [0.25, 0.3) is 22.2 Å². The Morgan fingerprint density at radius 3 is 2.50 bits per heavy atom. The predicted octanol–water partition coefficient (Wildman–Crippen LogP) is 3.32. The number of carbonyl (C=O) groups excluding carboxylic acids is 1. The number of aromatic nitrogens is 4. The van der Waals surface area contributed by atoms with Crippen LogP contribution >= 0.6 is 0 Å². The maximum atomic E-state index is 12.8. The van der Waals surface area contributed by atoms with Crippen molar-refractivity contribution in [3.05, 3.63) is 42.2 Å². The van der Waals surface area contributed by atoms with Crippen LogP contribution in [0.5, 0.6) is 0 Å². The van der Waals surface area contributed by atoms with E-state index in [9.17, 15) is 4.79 Å². The molecule has 0 spiro atoms. The van der Waals surface area contributed by atoms with E-state index in [0.717, 1.165) is 46.8 Å². The summed E-state index contributed by atoms with van der Waals surface area (Å²) in [5.74, 6) is 1.19. The lowest BCUT2D eigenvalue weighted by Gasteiger charge is -2.31. The van der Waals surface area contributed by atoms with Crippen molar-refractivity contribution in [3.63, 3.8) is 0 Å². The Morgan fingerprint density at radius 1 is 1.04 bits per heavy atom. The quantitative estimate of drug-likeness (QED) is 0.682. The number of ketones is 1. The van der Waals surface area contributed by atoms with Gasteiger partial charge in [-0.3, -0.25) is 19.7 Å². The van der Waals surface area contributed by atoms with Gasteiger partial charge in [0.25, 0.3) is 0 Å². The highest BCUT2D eigenvalue weighted by Gasteiger charge is 2.23. The molecule has 0 bridgehead atoms. The van der Waals surface area contributed by atoms with E-state index in [2.05, 4.69) is 25.9 Å². The number of nitrogens with zero attached hydrogens (tertiary/aromatic N) is 5. The molecule has 0 radical (unpaired) electrons. The Morgan fingerprint density at radius 2 is 1.79 bits per heavy atom. The highest BCUT2D eigenvalue weighted by atomic mass is 16.1. The summed E-state index contributed by atoms with van der Waals surface area (Å²) < 4.78 is 2.03. The minimum Gasteiger partial charge on any atom is -0.330 e. The van der Waals surface area contributed by atoms with Gasteiger partial charge in [0.1, 0.15) is 5.82 Å². The van der Waals surface area contributed by atoms with Crippen LogP contribution in [0.1, 0.15) is 37.7 Å². The second-order valence-electron chi connectivity index (χ2n) is 7.76. The molecule has 1 aliphatic rings. The molecule has 1 unspecified atom stereocenters. The molecule has 3 aromatic heterocycles. The molecule has 1 saturated heterocycles. The first-order chi connectivity index (χ1) is 13.5. The van der Waals surface area contributed by atoms with Crippen molar-refractivity contribution in [1.82, 2.24) is 24.4 Å². The van der Waals surface area contributed by atoms with E-state index in [-0.39, 0.29) is 11.8 Å². The van der Waals surface area contributed by atoms with Gasteiger partial charge in [0.15, 0.2) is 5.78 Å². The molecule has 4 heterocycles. The number of carbonyl (C=O) groups is 1. The topological polar surface area (TPSA) is 63.9 Å². The first kappa shape index (κ1) is 18.7. The largest absolute Gasteiger partial charge is 0.330 e. The highest BCUT2D eigenvalue weighted by Crippen LogP contribution is 2.23. The van der Waals surface area contributed by atoms with E-state index in [1.165, 1.54) is 19.3 Å². The zero-order chi connectivity index (χ0) is 19.7. The van der Waals surface area contributed by atoms with E-state index in [1.807, 2.05) is 50.1 Å². The van der Waals surface area contributed by atoms with Gasteiger partial charge in [0.2, 0.25) is 0 Å². The van der Waals surface area contributed by atoms with Gasteiger partial charge in [-0.1, -0.05) is 6.42 Å². The predicted molar refractivity (Wildman–Crippen MR) is 110 cm³/mol. The summed E-state index contributed by atoms with van der Waals surface area (Å²) in [6.07, 6.45) is 9.52. The number of pyridine rings is 2. The van der Waals surface area contributed by atoms with Crippen LogP contribution in [0.3, 0.4) is 0 Å². The first-order valence-electron chi connectivity index (χ1n) is 10.0. The summed E-state index contributed by atoms with van der Waals surface area (Å²) in [6, 6.07) is 4.03. The highest BCUT2D eigenvalue weighted by molar-refractivity contribution is 5.88. The third-order valence-corrected chi connectivity index (χ3v) is 5.90. The average molecular weight is 377 g/mol. The van der Waals surface area contributed by atoms with Crippen molar-refractivity contribution >= 4 is 16.6 Å². The summed E-state index contributed by atoms with van der Waals surface area (Å²) in [5.41, 5.74) is 2.67. The first-order valence-corrected chi connectivity index (χ1v) is 10.0. The Kier molecular flexibility index (Phi) is 5.22. The summed E-state index contributed by atoms with van der Waals surface area (Å²) >= 11 is 0. The number of fused-ring (bicyclic) bond motifs is 1. The van der Waals surface area contributed by atoms with Gasteiger partial charge in [-0.2, -0.15) is 0 Å². The minimum absolute atomic E-state index is 0.0387. The molecule has 3 aromatic rings. The third-order valence-electron chi connectivity index (χ3n) is 5.90. The summed E-state index contributed by atoms with van der Waals surface area (Å²) in [5, 5.41) is 2.02. The number of Topliss-reactive ketones (excluding diaryl/α,β-unsaturated/α-hetero) is 1. The molecule has 0 N–H and O–H groups in total. The molecule has 1 fully saturated rings. The lowest BCUT2D eigenvalue weighted by Crippen LogP contribution is -2.42. The number of likely N-dealkylation sites (tertiary alicyclic amines) is 1. The van der Waals surface area contributed by atoms with Crippen molar-refractivity contribution in [3.8, 4) is 11.4 Å². The third kappa shape index (κ3) is 3.69. The van der Waals surface area contributed by atoms with Crippen LogP contribution < -0.4 is 0 Å². The normalized spacial score (nSPS) is 16.4. The molecule has 6 nitrogen and oxygen atoms in total. The van der Waals surface area contributed by atoms with Gasteiger partial charge in [0.05, 0.1) is 30.0 Å². The molecular formula is C22H27N5O. The van der Waals surface area contributed by atoms with Gasteiger partial charge in [0, 0.05) is 30.5 Å². The lowest BCUT2D eigenvalue weighted by atomic mass is 10.0. The van der Waals surface area contributed by atoms with Crippen LogP contribution in [0, 0.1) is 6.92 Å². The monoisotopic (exact) mass is 377 g/mol. The van der Waals surface area contributed by atoms with Crippen LogP contribution in [-0.2, 0) is 18.3 Å². The molecule has 28 heavy (non-hydrogen) atoms. The SMILES string of the molecule is Cc1ncc(-c2cc3cc(CC(=O)C(C)N4CCCCC4)ncc3cn2)n1C. The number of rotatable bonds is 5. The molecule has 0 amide bonds. The van der Waals surface area contributed by atoms with E-state index in [1.54, 1.807) is 0 Å². The van der Waals surface area contributed by atoms with Crippen LogP contribution in [0.2, 0.25) is 0 Å². The Labute approximate surface area is 165 Å². The summed E-state index contributed by atoms with van der Waals surface area (Å²) in [6.45, 7) is 6.05. The number of aryl methyl sites for hydroxylation is 1. The van der Waals surface area contributed by atoms with Crippen molar-refractivity contribution in [2.24, 2.45) is 7.05 Å². The van der Waals surface area contributed by atoms with Gasteiger partial charge < -0.3 is 4.57 Å². The maximum absolute atomic E-state index is 12.8. The van der Waals surface area contributed by atoms with Crippen molar-refractivity contribution in [2.75, 3.05) is 13.1 Å². The Bertz CT molecular complexity index is 1000. The van der Waals surface area contributed by atoms with Gasteiger partial charge >= 0.3 is 0 Å². The maximum Gasteiger partial charge on any atom is 0.155 e. The fourth-order valence-electron chi connectivity index (χ4n) is 3.90. The van der Waals surface area contributed by atoms with E-state index < -0.39 is 0 Å². The summed E-state index contributed by atoms with van der Waals surface area (Å²) in [7, 11) is 1.99. The number of imidazole rings is 1. The molecule has 146 valence electrons. The van der Waals surface area contributed by atoms with E-state index in [4.69, 9.17) is 0 Å². The molecule has 6 heteroatoms. The smallest absolute Gasteiger partial charge is 0.155 e. The van der Waals surface area contributed by atoms with Crippen LogP contribution in [0.4, 0.5) is 0 Å². The molecular weight excluding hydrogens is 350 g/mol. The molecule has 0 aliphatic carbocycles. The van der Waals surface area contributed by atoms with E-state index >= 15 is 0 Å². The number of hydrogen-bond donors (Lipinski definition) is 0. The lowest BCUT2D eigenvalue weighted by molar-refractivity contribution is -0.123. The minimum atomic E-state index is -0.0387. The molecule has 4 rings (SSSR count). The Balaban J connectivity index is 1.56. The van der Waals surface area contributed by atoms with Gasteiger partial charge in [-0.15, -0.1) is 0 Å². The molecule has 0 aromatic carbocycles. The second kappa shape index (κ2) is 7.80. The second-order valence-corrected chi connectivity index (χ2v) is 7.76. The Hall–Kier alpha value is -2.60. The zero-order valence-corrected chi connectivity index (χ0v) is 16.9. The fourth-order valence-corrected chi connectivity index (χ4v) is 3.90. The number of hydrogen-bond acceptors (Lipinski definition) is 5.